The van der Waals surface area contributed by atoms with E-state index in [-0.39, 0.29) is 17.3 Å². The van der Waals surface area contributed by atoms with E-state index >= 15 is 0 Å². The SMILES string of the molecule is CCCNc1ncnc2c1cnn2CCNS(=O)(=O)c1ccc(NC(C)=O)cc1. The van der Waals surface area contributed by atoms with E-state index in [1.54, 1.807) is 23.0 Å². The fourth-order valence-electron chi connectivity index (χ4n) is 2.73. The van der Waals surface area contributed by atoms with Crippen molar-refractivity contribution in [1.82, 2.24) is 24.5 Å². The lowest BCUT2D eigenvalue weighted by molar-refractivity contribution is -0.114. The number of fused-ring (bicyclic) bond motifs is 1. The first-order valence-electron chi connectivity index (χ1n) is 9.18. The maximum absolute atomic E-state index is 12.5. The number of nitrogens with zero attached hydrogens (tertiary/aromatic N) is 4. The minimum atomic E-state index is -3.68. The summed E-state index contributed by atoms with van der Waals surface area (Å²) in [4.78, 5) is 19.7. The number of sulfonamides is 1. The van der Waals surface area contributed by atoms with Gasteiger partial charge in [0, 0.05) is 25.7 Å². The Kier molecular flexibility index (Phi) is 6.39. The van der Waals surface area contributed by atoms with Gasteiger partial charge in [-0.25, -0.2) is 27.8 Å². The molecular formula is C18H23N7O3S. The summed E-state index contributed by atoms with van der Waals surface area (Å²) in [6, 6.07) is 5.96. The minimum Gasteiger partial charge on any atom is -0.369 e. The van der Waals surface area contributed by atoms with E-state index in [1.165, 1.54) is 25.4 Å². The molecule has 2 aromatic heterocycles. The van der Waals surface area contributed by atoms with Crippen molar-refractivity contribution in [3.63, 3.8) is 0 Å². The van der Waals surface area contributed by atoms with E-state index in [9.17, 15) is 13.2 Å². The molecule has 1 amide bonds. The van der Waals surface area contributed by atoms with E-state index in [4.69, 9.17) is 0 Å². The van der Waals surface area contributed by atoms with Crippen LogP contribution in [0.2, 0.25) is 0 Å². The van der Waals surface area contributed by atoms with Gasteiger partial charge in [-0.1, -0.05) is 6.92 Å². The quantitative estimate of drug-likeness (QED) is 0.482. The van der Waals surface area contributed by atoms with Crippen LogP contribution in [0.25, 0.3) is 11.0 Å². The lowest BCUT2D eigenvalue weighted by atomic mass is 10.3. The summed E-state index contributed by atoms with van der Waals surface area (Å²) in [5.41, 5.74) is 1.17. The number of anilines is 2. The number of hydrogen-bond donors (Lipinski definition) is 3. The Balaban J connectivity index is 1.65. The molecule has 0 aliphatic carbocycles. The highest BCUT2D eigenvalue weighted by atomic mass is 32.2. The largest absolute Gasteiger partial charge is 0.369 e. The minimum absolute atomic E-state index is 0.116. The average molecular weight is 417 g/mol. The Morgan fingerprint density at radius 2 is 1.90 bits per heavy atom. The fraction of sp³-hybridized carbons (Fsp3) is 0.333. The second-order valence-electron chi connectivity index (χ2n) is 6.36. The van der Waals surface area contributed by atoms with Crippen LogP contribution in [0.1, 0.15) is 20.3 Å². The summed E-state index contributed by atoms with van der Waals surface area (Å²) >= 11 is 0. The first-order valence-corrected chi connectivity index (χ1v) is 10.7. The molecular weight excluding hydrogens is 394 g/mol. The van der Waals surface area contributed by atoms with Crippen LogP contribution < -0.4 is 15.4 Å². The molecule has 3 rings (SSSR count). The van der Waals surface area contributed by atoms with Gasteiger partial charge in [-0.15, -0.1) is 0 Å². The van der Waals surface area contributed by atoms with Gasteiger partial charge in [0.15, 0.2) is 5.65 Å². The third kappa shape index (κ3) is 5.06. The highest BCUT2D eigenvalue weighted by Crippen LogP contribution is 2.18. The van der Waals surface area contributed by atoms with E-state index in [0.717, 1.165) is 18.4 Å². The summed E-state index contributed by atoms with van der Waals surface area (Å²) in [7, 11) is -3.68. The second-order valence-corrected chi connectivity index (χ2v) is 8.12. The molecule has 0 atom stereocenters. The molecule has 0 fully saturated rings. The van der Waals surface area contributed by atoms with Crippen molar-refractivity contribution in [2.45, 2.75) is 31.7 Å². The molecule has 154 valence electrons. The molecule has 3 aromatic rings. The number of benzene rings is 1. The molecule has 0 saturated carbocycles. The van der Waals surface area contributed by atoms with Gasteiger partial charge in [0.1, 0.15) is 12.1 Å². The standard InChI is InChI=1S/C18H23N7O3S/c1-3-8-19-17-16-11-22-25(18(16)21-12-20-17)10-9-23-29(27,28)15-6-4-14(5-7-15)24-13(2)26/h4-7,11-12,23H,3,8-10H2,1-2H3,(H,24,26)(H,19,20,21). The van der Waals surface area contributed by atoms with Crippen molar-refractivity contribution in [2.75, 3.05) is 23.7 Å². The van der Waals surface area contributed by atoms with Crippen molar-refractivity contribution in [2.24, 2.45) is 0 Å². The van der Waals surface area contributed by atoms with Crippen molar-refractivity contribution in [3.05, 3.63) is 36.8 Å². The average Bonchev–Trinajstić information content (AvgIpc) is 3.10. The van der Waals surface area contributed by atoms with Crippen LogP contribution in [0.15, 0.2) is 41.7 Å². The molecule has 0 saturated heterocycles. The molecule has 10 nitrogen and oxygen atoms in total. The number of amides is 1. The number of rotatable bonds is 9. The van der Waals surface area contributed by atoms with E-state index in [1.807, 2.05) is 0 Å². The topological polar surface area (TPSA) is 131 Å². The Morgan fingerprint density at radius 3 is 2.59 bits per heavy atom. The summed E-state index contributed by atoms with van der Waals surface area (Å²) in [6.07, 6.45) is 4.09. The van der Waals surface area contributed by atoms with Gasteiger partial charge in [0.25, 0.3) is 0 Å². The molecule has 11 heteroatoms. The van der Waals surface area contributed by atoms with Crippen LogP contribution in [0.5, 0.6) is 0 Å². The Labute approximate surface area is 168 Å². The van der Waals surface area contributed by atoms with Crippen LogP contribution in [0, 0.1) is 0 Å². The zero-order valence-electron chi connectivity index (χ0n) is 16.2. The number of hydrogen-bond acceptors (Lipinski definition) is 7. The maximum Gasteiger partial charge on any atom is 0.240 e. The summed E-state index contributed by atoms with van der Waals surface area (Å²) < 4.78 is 29.1. The molecule has 0 unspecified atom stereocenters. The lowest BCUT2D eigenvalue weighted by Crippen LogP contribution is -2.27. The van der Waals surface area contributed by atoms with Crippen molar-refractivity contribution in [1.29, 1.82) is 0 Å². The third-order valence-electron chi connectivity index (χ3n) is 4.08. The van der Waals surface area contributed by atoms with E-state index in [2.05, 4.69) is 37.3 Å². The van der Waals surface area contributed by atoms with Crippen LogP contribution >= 0.6 is 0 Å². The predicted octanol–water partition coefficient (Wildman–Crippen LogP) is 1.59. The summed E-state index contributed by atoms with van der Waals surface area (Å²) in [6.45, 7) is 4.70. The van der Waals surface area contributed by atoms with E-state index in [0.29, 0.717) is 23.7 Å². The van der Waals surface area contributed by atoms with Gasteiger partial charge in [0.2, 0.25) is 15.9 Å². The van der Waals surface area contributed by atoms with Crippen LogP contribution in [-0.2, 0) is 21.4 Å². The molecule has 0 spiro atoms. The van der Waals surface area contributed by atoms with Gasteiger partial charge in [0.05, 0.1) is 23.0 Å². The number of carbonyl (C=O) groups excluding carboxylic acids is 1. The van der Waals surface area contributed by atoms with Gasteiger partial charge in [-0.3, -0.25) is 4.79 Å². The van der Waals surface area contributed by atoms with Crippen LogP contribution in [0.3, 0.4) is 0 Å². The Morgan fingerprint density at radius 1 is 1.14 bits per heavy atom. The highest BCUT2D eigenvalue weighted by Gasteiger charge is 2.15. The van der Waals surface area contributed by atoms with Crippen molar-refractivity contribution in [3.8, 4) is 0 Å². The van der Waals surface area contributed by atoms with Gasteiger partial charge in [-0.2, -0.15) is 5.10 Å². The number of carbonyl (C=O) groups is 1. The monoisotopic (exact) mass is 417 g/mol. The molecule has 1 aromatic carbocycles. The molecule has 2 heterocycles. The molecule has 0 radical (unpaired) electrons. The fourth-order valence-corrected chi connectivity index (χ4v) is 3.75. The zero-order chi connectivity index (χ0) is 20.9. The van der Waals surface area contributed by atoms with Crippen LogP contribution in [0.4, 0.5) is 11.5 Å². The number of aromatic nitrogens is 4. The maximum atomic E-state index is 12.5. The van der Waals surface area contributed by atoms with Crippen LogP contribution in [-0.4, -0.2) is 47.2 Å². The predicted molar refractivity (Wildman–Crippen MR) is 110 cm³/mol. The highest BCUT2D eigenvalue weighted by molar-refractivity contribution is 7.89. The second kappa shape index (κ2) is 8.97. The Bertz CT molecular complexity index is 1090. The first kappa shape index (κ1) is 20.7. The molecule has 0 aliphatic rings. The smallest absolute Gasteiger partial charge is 0.240 e. The number of nitrogens with one attached hydrogen (secondary N) is 3. The Hall–Kier alpha value is -3.05. The first-order chi connectivity index (χ1) is 13.9. The molecule has 0 aliphatic heterocycles. The van der Waals surface area contributed by atoms with Crippen molar-refractivity contribution >= 4 is 38.5 Å². The molecule has 3 N–H and O–H groups in total. The van der Waals surface area contributed by atoms with Crippen molar-refractivity contribution < 1.29 is 13.2 Å². The van der Waals surface area contributed by atoms with Gasteiger partial charge < -0.3 is 10.6 Å². The molecule has 0 bridgehead atoms. The summed E-state index contributed by atoms with van der Waals surface area (Å²) in [5.74, 6) is 0.491. The molecule has 29 heavy (non-hydrogen) atoms. The third-order valence-corrected chi connectivity index (χ3v) is 5.55. The summed E-state index contributed by atoms with van der Waals surface area (Å²) in [5, 5.41) is 10.9. The van der Waals surface area contributed by atoms with Gasteiger partial charge >= 0.3 is 0 Å². The van der Waals surface area contributed by atoms with E-state index < -0.39 is 10.0 Å². The van der Waals surface area contributed by atoms with Gasteiger partial charge in [-0.05, 0) is 30.7 Å². The normalized spacial score (nSPS) is 11.5. The zero-order valence-corrected chi connectivity index (χ0v) is 17.0. The lowest BCUT2D eigenvalue weighted by Gasteiger charge is -2.09.